The molecule has 0 atom stereocenters. The number of hydrogen-bond acceptors (Lipinski definition) is 5. The van der Waals surface area contributed by atoms with Gasteiger partial charge in [-0.15, -0.1) is 13.2 Å². The molecule has 7 nitrogen and oxygen atoms in total. The number of benzene rings is 2. The number of aliphatic imine (C=N–C) groups is 1. The summed E-state index contributed by atoms with van der Waals surface area (Å²) in [6.07, 6.45) is -4.93. The van der Waals surface area contributed by atoms with Crippen molar-refractivity contribution in [3.63, 3.8) is 0 Å². The second kappa shape index (κ2) is 7.50. The Balaban J connectivity index is 1.60. The number of anilines is 1. The Hall–Kier alpha value is -3.08. The number of nitrogens with one attached hydrogen (secondary N) is 2. The van der Waals surface area contributed by atoms with Crippen LogP contribution in [0, 0.1) is 0 Å². The van der Waals surface area contributed by atoms with E-state index in [0.717, 1.165) is 12.1 Å². The van der Waals surface area contributed by atoms with Gasteiger partial charge in [-0.2, -0.15) is 0 Å². The van der Waals surface area contributed by atoms with Crippen LogP contribution in [0.3, 0.4) is 0 Å². The van der Waals surface area contributed by atoms with E-state index in [1.54, 1.807) is 18.2 Å². The molecular formula is C17H14F3N3O4S. The molecule has 2 aromatic rings. The van der Waals surface area contributed by atoms with Crippen LogP contribution in [-0.2, 0) is 14.8 Å². The van der Waals surface area contributed by atoms with Gasteiger partial charge < -0.3 is 10.1 Å². The van der Waals surface area contributed by atoms with Crippen molar-refractivity contribution >= 4 is 27.5 Å². The molecule has 0 bridgehead atoms. The molecule has 1 aliphatic heterocycles. The number of amidine groups is 1. The topological polar surface area (TPSA) is 96.9 Å². The highest BCUT2D eigenvalue weighted by Gasteiger charge is 2.31. The lowest BCUT2D eigenvalue weighted by Gasteiger charge is -2.10. The molecule has 28 heavy (non-hydrogen) atoms. The van der Waals surface area contributed by atoms with Gasteiger partial charge in [0.05, 0.1) is 11.4 Å². The summed E-state index contributed by atoms with van der Waals surface area (Å²) < 4.78 is 66.8. The maximum atomic E-state index is 12.2. The van der Waals surface area contributed by atoms with Crippen molar-refractivity contribution in [2.75, 3.05) is 11.9 Å². The van der Waals surface area contributed by atoms with E-state index in [0.29, 0.717) is 5.56 Å². The van der Waals surface area contributed by atoms with Gasteiger partial charge in [0.2, 0.25) is 5.91 Å². The summed E-state index contributed by atoms with van der Waals surface area (Å²) in [5.41, 5.74) is 0.547. The van der Waals surface area contributed by atoms with Gasteiger partial charge in [0.25, 0.3) is 10.0 Å². The van der Waals surface area contributed by atoms with Crippen LogP contribution >= 0.6 is 0 Å². The molecule has 1 amide bonds. The molecule has 2 N–H and O–H groups in total. The highest BCUT2D eigenvalue weighted by Crippen LogP contribution is 2.25. The van der Waals surface area contributed by atoms with E-state index in [4.69, 9.17) is 0 Å². The van der Waals surface area contributed by atoms with Crippen molar-refractivity contribution in [1.29, 1.82) is 0 Å². The zero-order valence-corrected chi connectivity index (χ0v) is 15.0. The highest BCUT2D eigenvalue weighted by atomic mass is 32.2. The monoisotopic (exact) mass is 413 g/mol. The molecule has 1 aliphatic rings. The molecule has 3 rings (SSSR count). The Morgan fingerprint density at radius 2 is 1.89 bits per heavy atom. The first-order valence-electron chi connectivity index (χ1n) is 7.96. The van der Waals surface area contributed by atoms with Crippen LogP contribution in [-0.4, -0.2) is 33.1 Å². The van der Waals surface area contributed by atoms with Gasteiger partial charge in [0.1, 0.15) is 11.6 Å². The zero-order valence-electron chi connectivity index (χ0n) is 14.2. The van der Waals surface area contributed by atoms with Crippen molar-refractivity contribution < 1.29 is 31.1 Å². The number of fused-ring (bicyclic) bond motifs is 1. The molecule has 0 radical (unpaired) electrons. The summed E-state index contributed by atoms with van der Waals surface area (Å²) >= 11 is 0. The fraction of sp³-hybridized carbons (Fsp3) is 0.176. The Bertz CT molecular complexity index is 1040. The molecule has 0 saturated heterocycles. The van der Waals surface area contributed by atoms with Gasteiger partial charge >= 0.3 is 6.36 Å². The van der Waals surface area contributed by atoms with Gasteiger partial charge in [0, 0.05) is 23.7 Å². The Kier molecular flexibility index (Phi) is 5.27. The van der Waals surface area contributed by atoms with E-state index >= 15 is 0 Å². The van der Waals surface area contributed by atoms with Crippen LogP contribution in [0.4, 0.5) is 18.9 Å². The number of hydrogen-bond donors (Lipinski definition) is 2. The van der Waals surface area contributed by atoms with E-state index < -0.39 is 28.0 Å². The maximum absolute atomic E-state index is 12.2. The number of ether oxygens (including phenoxy) is 1. The van der Waals surface area contributed by atoms with Crippen LogP contribution in [0.2, 0.25) is 0 Å². The summed E-state index contributed by atoms with van der Waals surface area (Å²) in [6.45, 7) is -0.0171. The number of nitrogens with zero attached hydrogens (tertiary/aromatic N) is 1. The van der Waals surface area contributed by atoms with E-state index in [1.807, 2.05) is 0 Å². The minimum absolute atomic E-state index is 0.0171. The third-order valence-electron chi connectivity index (χ3n) is 3.62. The van der Waals surface area contributed by atoms with Gasteiger partial charge in [-0.1, -0.05) is 18.2 Å². The number of amides is 1. The van der Waals surface area contributed by atoms with E-state index in [2.05, 4.69) is 19.8 Å². The van der Waals surface area contributed by atoms with Gasteiger partial charge in [0.15, 0.2) is 0 Å². The first kappa shape index (κ1) is 19.7. The van der Waals surface area contributed by atoms with E-state index in [-0.39, 0.29) is 29.4 Å². The number of halogens is 3. The van der Waals surface area contributed by atoms with Gasteiger partial charge in [-0.25, -0.2) is 8.42 Å². The first-order chi connectivity index (χ1) is 13.1. The molecule has 0 fully saturated rings. The Labute approximate surface area is 158 Å². The lowest BCUT2D eigenvalue weighted by atomic mass is 10.2. The fourth-order valence-electron chi connectivity index (χ4n) is 2.51. The predicted molar refractivity (Wildman–Crippen MR) is 94.5 cm³/mol. The minimum Gasteiger partial charge on any atom is -0.406 e. The molecule has 2 aromatic carbocycles. The average Bonchev–Trinajstić information content (AvgIpc) is 2.85. The van der Waals surface area contributed by atoms with E-state index in [1.165, 1.54) is 18.2 Å². The van der Waals surface area contributed by atoms with Crippen molar-refractivity contribution in [3.05, 3.63) is 54.1 Å². The molecule has 0 unspecified atom stereocenters. The molecule has 0 spiro atoms. The van der Waals surface area contributed by atoms with Crippen LogP contribution in [0.25, 0.3) is 0 Å². The Morgan fingerprint density at radius 1 is 1.14 bits per heavy atom. The summed E-state index contributed by atoms with van der Waals surface area (Å²) in [5.74, 6) is -0.811. The smallest absolute Gasteiger partial charge is 0.406 e. The van der Waals surface area contributed by atoms with Gasteiger partial charge in [-0.3, -0.25) is 14.5 Å². The number of carbonyl (C=O) groups excluding carboxylic acids is 1. The van der Waals surface area contributed by atoms with Gasteiger partial charge in [-0.05, 0) is 24.3 Å². The van der Waals surface area contributed by atoms with Crippen LogP contribution in [0.1, 0.15) is 12.0 Å². The molecular weight excluding hydrogens is 399 g/mol. The average molecular weight is 413 g/mol. The Morgan fingerprint density at radius 3 is 2.64 bits per heavy atom. The van der Waals surface area contributed by atoms with Crippen molar-refractivity contribution in [3.8, 4) is 5.75 Å². The normalized spacial score (nSPS) is 16.3. The van der Waals surface area contributed by atoms with Crippen molar-refractivity contribution in [2.45, 2.75) is 17.7 Å². The lowest BCUT2D eigenvalue weighted by Crippen LogP contribution is -2.23. The maximum Gasteiger partial charge on any atom is 0.573 e. The number of alkyl halides is 3. The lowest BCUT2D eigenvalue weighted by molar-refractivity contribution is -0.274. The van der Waals surface area contributed by atoms with Crippen molar-refractivity contribution in [1.82, 2.24) is 4.72 Å². The third kappa shape index (κ3) is 4.80. The second-order valence-corrected chi connectivity index (χ2v) is 7.36. The SMILES string of the molecule is O=C(CCN=C1NS(=O)(=O)c2ccccc21)Nc1cccc(OC(F)(F)F)c1. The van der Waals surface area contributed by atoms with Crippen LogP contribution in [0.5, 0.6) is 5.75 Å². The van der Waals surface area contributed by atoms with Crippen molar-refractivity contribution in [2.24, 2.45) is 4.99 Å². The van der Waals surface area contributed by atoms with E-state index in [9.17, 15) is 26.4 Å². The summed E-state index contributed by atoms with van der Waals surface area (Å²) in [5, 5.41) is 2.43. The number of sulfonamides is 1. The molecule has 148 valence electrons. The molecule has 0 aliphatic carbocycles. The molecule has 0 saturated carbocycles. The molecule has 0 aromatic heterocycles. The minimum atomic E-state index is -4.83. The second-order valence-electron chi connectivity index (χ2n) is 5.71. The largest absolute Gasteiger partial charge is 0.573 e. The standard InChI is InChI=1S/C17H14F3N3O4S/c18-17(19,20)27-12-5-3-4-11(10-12)22-15(24)8-9-21-16-13-6-1-2-7-14(13)28(25,26)23-16/h1-7,10H,8-9H2,(H,21,23)(H,22,24). The predicted octanol–water partition coefficient (Wildman–Crippen LogP) is 2.65. The summed E-state index contributed by atoms with van der Waals surface area (Å²) in [7, 11) is -3.66. The highest BCUT2D eigenvalue weighted by molar-refractivity contribution is 7.90. The zero-order chi connectivity index (χ0) is 20.4. The summed E-state index contributed by atoms with van der Waals surface area (Å²) in [6, 6.07) is 11.2. The molecule has 11 heteroatoms. The first-order valence-corrected chi connectivity index (χ1v) is 9.45. The summed E-state index contributed by atoms with van der Waals surface area (Å²) in [4.78, 5) is 16.2. The third-order valence-corrected chi connectivity index (χ3v) is 5.02. The number of carbonyl (C=O) groups is 1. The fourth-order valence-corrected chi connectivity index (χ4v) is 3.77. The van der Waals surface area contributed by atoms with Crippen LogP contribution in [0.15, 0.2) is 58.4 Å². The molecule has 1 heterocycles. The number of rotatable bonds is 5. The quantitative estimate of drug-likeness (QED) is 0.788. The van der Waals surface area contributed by atoms with Crippen LogP contribution < -0.4 is 14.8 Å².